The molecule has 2 rings (SSSR count). The fourth-order valence-electron chi connectivity index (χ4n) is 1.62. The van der Waals surface area contributed by atoms with Crippen molar-refractivity contribution in [2.24, 2.45) is 0 Å². The van der Waals surface area contributed by atoms with Gasteiger partial charge in [0.2, 0.25) is 0 Å². The lowest BCUT2D eigenvalue weighted by Crippen LogP contribution is -1.94. The van der Waals surface area contributed by atoms with Crippen LogP contribution < -0.4 is 0 Å². The molecule has 0 aliphatic carbocycles. The first-order valence-electron chi connectivity index (χ1n) is 4.48. The Morgan fingerprint density at radius 3 is 2.77 bits per heavy atom. The van der Waals surface area contributed by atoms with E-state index in [2.05, 4.69) is 36.0 Å². The van der Waals surface area contributed by atoms with Crippen LogP contribution in [0.5, 0.6) is 0 Å². The van der Waals surface area contributed by atoms with Crippen molar-refractivity contribution in [2.45, 2.75) is 26.7 Å². The van der Waals surface area contributed by atoms with Crippen LogP contribution in [0.15, 0.2) is 12.4 Å². The minimum atomic E-state index is 0.514. The number of aromatic amines is 1. The highest BCUT2D eigenvalue weighted by Gasteiger charge is 2.08. The topological polar surface area (TPSA) is 41.6 Å². The number of pyridine rings is 1. The fourth-order valence-corrected chi connectivity index (χ4v) is 1.62. The predicted molar refractivity (Wildman–Crippen MR) is 52.7 cm³/mol. The Labute approximate surface area is 77.2 Å². The molecule has 2 aromatic heterocycles. The average Bonchev–Trinajstić information content (AvgIpc) is 2.52. The molecule has 0 saturated heterocycles. The van der Waals surface area contributed by atoms with Crippen molar-refractivity contribution in [1.82, 2.24) is 15.2 Å². The van der Waals surface area contributed by atoms with Crippen LogP contribution in [0.3, 0.4) is 0 Å². The molecule has 0 unspecified atom stereocenters. The van der Waals surface area contributed by atoms with Crippen molar-refractivity contribution in [3.8, 4) is 0 Å². The number of hydrogen-bond acceptors (Lipinski definition) is 2. The molecule has 68 valence electrons. The second-order valence-electron chi connectivity index (χ2n) is 3.62. The third-order valence-electron chi connectivity index (χ3n) is 2.39. The zero-order valence-electron chi connectivity index (χ0n) is 8.13. The second kappa shape index (κ2) is 2.83. The van der Waals surface area contributed by atoms with Crippen LogP contribution >= 0.6 is 0 Å². The van der Waals surface area contributed by atoms with Gasteiger partial charge in [-0.05, 0) is 24.0 Å². The quantitative estimate of drug-likeness (QED) is 0.723. The summed E-state index contributed by atoms with van der Waals surface area (Å²) in [5.74, 6) is 0.514. The summed E-state index contributed by atoms with van der Waals surface area (Å²) in [5, 5.41) is 6.95. The number of rotatable bonds is 1. The highest BCUT2D eigenvalue weighted by molar-refractivity contribution is 5.77. The maximum atomic E-state index is 4.33. The van der Waals surface area contributed by atoms with Gasteiger partial charge in [-0.3, -0.25) is 10.1 Å². The lowest BCUT2D eigenvalue weighted by molar-refractivity contribution is 0.851. The van der Waals surface area contributed by atoms with Crippen LogP contribution in [-0.2, 0) is 0 Å². The SMILES string of the molecule is Cc1c(C(C)C)cnc2cn[nH]c12. The van der Waals surface area contributed by atoms with Crippen molar-refractivity contribution in [2.75, 3.05) is 0 Å². The van der Waals surface area contributed by atoms with Crippen LogP contribution in [0.25, 0.3) is 11.0 Å². The van der Waals surface area contributed by atoms with E-state index in [9.17, 15) is 0 Å². The van der Waals surface area contributed by atoms with Crippen LogP contribution in [0, 0.1) is 6.92 Å². The predicted octanol–water partition coefficient (Wildman–Crippen LogP) is 2.39. The Bertz CT molecular complexity index is 429. The van der Waals surface area contributed by atoms with E-state index in [-0.39, 0.29) is 0 Å². The maximum absolute atomic E-state index is 4.33. The first-order valence-corrected chi connectivity index (χ1v) is 4.48. The van der Waals surface area contributed by atoms with Crippen LogP contribution in [-0.4, -0.2) is 15.2 Å². The molecular formula is C10H13N3. The maximum Gasteiger partial charge on any atom is 0.108 e. The van der Waals surface area contributed by atoms with Gasteiger partial charge in [-0.1, -0.05) is 13.8 Å². The van der Waals surface area contributed by atoms with E-state index in [0.29, 0.717) is 5.92 Å². The number of nitrogens with one attached hydrogen (secondary N) is 1. The molecule has 0 fully saturated rings. The minimum absolute atomic E-state index is 0.514. The zero-order valence-corrected chi connectivity index (χ0v) is 8.13. The zero-order chi connectivity index (χ0) is 9.42. The molecule has 0 aromatic carbocycles. The smallest absolute Gasteiger partial charge is 0.108 e. The summed E-state index contributed by atoms with van der Waals surface area (Å²) in [7, 11) is 0. The normalized spacial score (nSPS) is 11.4. The minimum Gasteiger partial charge on any atom is -0.276 e. The third kappa shape index (κ3) is 1.20. The molecule has 0 amide bonds. The standard InChI is InChI=1S/C10H13N3/c1-6(2)8-4-11-9-5-12-13-10(9)7(8)3/h4-6H,1-3H3,(H,12,13). The van der Waals surface area contributed by atoms with Gasteiger partial charge in [-0.2, -0.15) is 5.10 Å². The highest BCUT2D eigenvalue weighted by atomic mass is 15.1. The first kappa shape index (κ1) is 8.23. The van der Waals surface area contributed by atoms with Crippen molar-refractivity contribution in [3.05, 3.63) is 23.5 Å². The van der Waals surface area contributed by atoms with Gasteiger partial charge >= 0.3 is 0 Å². The molecule has 0 aliphatic heterocycles. The van der Waals surface area contributed by atoms with Gasteiger partial charge in [-0.15, -0.1) is 0 Å². The number of H-pyrrole nitrogens is 1. The summed E-state index contributed by atoms with van der Waals surface area (Å²) in [4.78, 5) is 4.33. The third-order valence-corrected chi connectivity index (χ3v) is 2.39. The molecular weight excluding hydrogens is 162 g/mol. The van der Waals surface area contributed by atoms with Crippen molar-refractivity contribution in [1.29, 1.82) is 0 Å². The van der Waals surface area contributed by atoms with E-state index in [1.165, 1.54) is 11.1 Å². The molecule has 0 bridgehead atoms. The number of aromatic nitrogens is 3. The molecule has 2 aromatic rings. The Balaban J connectivity index is 2.73. The molecule has 0 atom stereocenters. The first-order chi connectivity index (χ1) is 6.20. The van der Waals surface area contributed by atoms with Gasteiger partial charge in [0, 0.05) is 6.20 Å². The van der Waals surface area contributed by atoms with Crippen LogP contribution in [0.4, 0.5) is 0 Å². The Morgan fingerprint density at radius 1 is 1.31 bits per heavy atom. The largest absolute Gasteiger partial charge is 0.276 e. The van der Waals surface area contributed by atoms with Gasteiger partial charge in [-0.25, -0.2) is 0 Å². The summed E-state index contributed by atoms with van der Waals surface area (Å²) in [6.45, 7) is 6.45. The summed E-state index contributed by atoms with van der Waals surface area (Å²) >= 11 is 0. The number of nitrogens with zero attached hydrogens (tertiary/aromatic N) is 2. The number of hydrogen-bond donors (Lipinski definition) is 1. The molecule has 13 heavy (non-hydrogen) atoms. The van der Waals surface area contributed by atoms with E-state index in [1.807, 2.05) is 6.20 Å². The molecule has 3 heteroatoms. The molecule has 3 nitrogen and oxygen atoms in total. The molecule has 0 radical (unpaired) electrons. The lowest BCUT2D eigenvalue weighted by Gasteiger charge is -2.08. The van der Waals surface area contributed by atoms with E-state index >= 15 is 0 Å². The summed E-state index contributed by atoms with van der Waals surface area (Å²) in [6.07, 6.45) is 3.70. The van der Waals surface area contributed by atoms with Crippen molar-refractivity contribution >= 4 is 11.0 Å². The van der Waals surface area contributed by atoms with E-state index in [0.717, 1.165) is 11.0 Å². The van der Waals surface area contributed by atoms with Crippen LogP contribution in [0.2, 0.25) is 0 Å². The Kier molecular flexibility index (Phi) is 1.79. The fraction of sp³-hybridized carbons (Fsp3) is 0.400. The van der Waals surface area contributed by atoms with Crippen molar-refractivity contribution in [3.63, 3.8) is 0 Å². The van der Waals surface area contributed by atoms with E-state index in [4.69, 9.17) is 0 Å². The van der Waals surface area contributed by atoms with E-state index < -0.39 is 0 Å². The monoisotopic (exact) mass is 175 g/mol. The van der Waals surface area contributed by atoms with Gasteiger partial charge in [0.25, 0.3) is 0 Å². The summed E-state index contributed by atoms with van der Waals surface area (Å²) < 4.78 is 0. The Morgan fingerprint density at radius 2 is 2.08 bits per heavy atom. The number of fused-ring (bicyclic) bond motifs is 1. The van der Waals surface area contributed by atoms with Gasteiger partial charge in [0.1, 0.15) is 5.52 Å². The summed E-state index contributed by atoms with van der Waals surface area (Å²) in [6, 6.07) is 0. The molecule has 0 saturated carbocycles. The lowest BCUT2D eigenvalue weighted by atomic mass is 10.00. The molecule has 0 aliphatic rings. The average molecular weight is 175 g/mol. The highest BCUT2D eigenvalue weighted by Crippen LogP contribution is 2.22. The Hall–Kier alpha value is -1.38. The molecule has 2 heterocycles. The van der Waals surface area contributed by atoms with Crippen LogP contribution in [0.1, 0.15) is 30.9 Å². The number of aryl methyl sites for hydroxylation is 1. The van der Waals surface area contributed by atoms with E-state index in [1.54, 1.807) is 6.20 Å². The molecule has 0 spiro atoms. The molecule has 1 N–H and O–H groups in total. The van der Waals surface area contributed by atoms with Gasteiger partial charge in [0.05, 0.1) is 11.7 Å². The van der Waals surface area contributed by atoms with Gasteiger partial charge < -0.3 is 0 Å². The second-order valence-corrected chi connectivity index (χ2v) is 3.62. The van der Waals surface area contributed by atoms with Crippen molar-refractivity contribution < 1.29 is 0 Å². The summed E-state index contributed by atoms with van der Waals surface area (Å²) in [5.41, 5.74) is 4.56. The van der Waals surface area contributed by atoms with Gasteiger partial charge in [0.15, 0.2) is 0 Å².